The van der Waals surface area contributed by atoms with E-state index >= 15 is 4.39 Å². The molecule has 0 N–H and O–H groups in total. The number of halogens is 1. The number of benzene rings is 3. The van der Waals surface area contributed by atoms with Crippen molar-refractivity contribution in [3.05, 3.63) is 89.2 Å². The van der Waals surface area contributed by atoms with Gasteiger partial charge in [-0.25, -0.2) is 9.18 Å². The largest absolute Gasteiger partial charge is 0.466 e. The van der Waals surface area contributed by atoms with E-state index in [0.717, 1.165) is 54.5 Å². The van der Waals surface area contributed by atoms with E-state index in [1.807, 2.05) is 55.4 Å². The first-order valence-electron chi connectivity index (χ1n) is 13.5. The zero-order chi connectivity index (χ0) is 28.6. The highest BCUT2D eigenvalue weighted by atomic mass is 19.1. The van der Waals surface area contributed by atoms with Gasteiger partial charge in [0.1, 0.15) is 5.82 Å². The van der Waals surface area contributed by atoms with E-state index in [1.165, 1.54) is 30.2 Å². The lowest BCUT2D eigenvalue weighted by Gasteiger charge is -2.30. The lowest BCUT2D eigenvalue weighted by Crippen LogP contribution is -2.37. The molecule has 0 radical (unpaired) electrons. The van der Waals surface area contributed by atoms with Gasteiger partial charge in [0, 0.05) is 31.8 Å². The second-order valence-corrected chi connectivity index (χ2v) is 10.3. The second-order valence-electron chi connectivity index (χ2n) is 10.3. The van der Waals surface area contributed by atoms with Crippen LogP contribution in [0.15, 0.2) is 66.7 Å². The monoisotopic (exact) mass is 539 g/mol. The molecule has 3 aromatic rings. The summed E-state index contributed by atoms with van der Waals surface area (Å²) < 4.78 is 19.9. The number of ether oxygens (including phenoxy) is 1. The number of carbonyl (C=O) groups is 2. The van der Waals surface area contributed by atoms with E-state index in [0.29, 0.717) is 11.1 Å². The standard InChI is InChI=1S/C33H34FN3O3/c1-36(2)28-14-12-25(13-15-28)29-16-9-24(19-27(29)21-35)22-37(33(39)26-7-5-4-6-8-26)31-20-23(10-17-30(31)34)11-18-32(38)40-3/h9-20,26H,4-8,22H2,1-3H3/b18-11+. The molecule has 0 aliphatic heterocycles. The summed E-state index contributed by atoms with van der Waals surface area (Å²) in [5, 5.41) is 9.97. The molecule has 0 bridgehead atoms. The van der Waals surface area contributed by atoms with Gasteiger partial charge in [0.25, 0.3) is 0 Å². The van der Waals surface area contributed by atoms with Crippen molar-refractivity contribution in [1.82, 2.24) is 0 Å². The van der Waals surface area contributed by atoms with Gasteiger partial charge in [-0.05, 0) is 71.5 Å². The zero-order valence-corrected chi connectivity index (χ0v) is 23.2. The minimum Gasteiger partial charge on any atom is -0.466 e. The van der Waals surface area contributed by atoms with Crippen LogP contribution in [-0.4, -0.2) is 33.1 Å². The van der Waals surface area contributed by atoms with Crippen molar-refractivity contribution in [2.45, 2.75) is 38.6 Å². The van der Waals surface area contributed by atoms with Crippen LogP contribution in [0.1, 0.15) is 48.8 Å². The van der Waals surface area contributed by atoms with E-state index in [2.05, 4.69) is 10.8 Å². The highest BCUT2D eigenvalue weighted by molar-refractivity contribution is 5.96. The maximum Gasteiger partial charge on any atom is 0.330 e. The molecule has 3 aromatic carbocycles. The fourth-order valence-electron chi connectivity index (χ4n) is 5.08. The number of methoxy groups -OCH3 is 1. The molecule has 40 heavy (non-hydrogen) atoms. The Morgan fingerprint density at radius 1 is 1.02 bits per heavy atom. The van der Waals surface area contributed by atoms with E-state index in [4.69, 9.17) is 0 Å². The maximum atomic E-state index is 15.3. The molecular formula is C33H34FN3O3. The first kappa shape index (κ1) is 28.6. The quantitative estimate of drug-likeness (QED) is 0.234. The Morgan fingerprint density at radius 2 is 1.75 bits per heavy atom. The van der Waals surface area contributed by atoms with Crippen molar-refractivity contribution in [1.29, 1.82) is 5.26 Å². The smallest absolute Gasteiger partial charge is 0.330 e. The molecule has 0 spiro atoms. The zero-order valence-electron chi connectivity index (χ0n) is 23.2. The van der Waals surface area contributed by atoms with Gasteiger partial charge in [0.05, 0.1) is 31.0 Å². The molecule has 0 atom stereocenters. The van der Waals surface area contributed by atoms with Gasteiger partial charge in [-0.3, -0.25) is 4.79 Å². The van der Waals surface area contributed by atoms with Gasteiger partial charge in [-0.2, -0.15) is 5.26 Å². The van der Waals surface area contributed by atoms with Crippen molar-refractivity contribution in [3.8, 4) is 17.2 Å². The molecular weight excluding hydrogens is 505 g/mol. The average molecular weight is 540 g/mol. The third kappa shape index (κ3) is 6.76. The van der Waals surface area contributed by atoms with Gasteiger partial charge < -0.3 is 14.5 Å². The maximum absolute atomic E-state index is 15.3. The van der Waals surface area contributed by atoms with Crippen molar-refractivity contribution in [2.75, 3.05) is 31.0 Å². The molecule has 7 heteroatoms. The number of hydrogen-bond donors (Lipinski definition) is 0. The van der Waals surface area contributed by atoms with Crippen LogP contribution < -0.4 is 9.80 Å². The van der Waals surface area contributed by atoms with Crippen molar-refractivity contribution in [3.63, 3.8) is 0 Å². The third-order valence-corrected chi connectivity index (χ3v) is 7.33. The van der Waals surface area contributed by atoms with Crippen LogP contribution in [0.5, 0.6) is 0 Å². The molecule has 4 rings (SSSR count). The number of amides is 1. The van der Waals surface area contributed by atoms with E-state index in [1.54, 1.807) is 18.2 Å². The Balaban J connectivity index is 1.70. The molecule has 0 unspecified atom stereocenters. The Hall–Kier alpha value is -4.44. The molecule has 1 saturated carbocycles. The Labute approximate surface area is 235 Å². The number of nitrogens with zero attached hydrogens (tertiary/aromatic N) is 3. The number of nitriles is 1. The first-order valence-corrected chi connectivity index (χ1v) is 13.5. The van der Waals surface area contributed by atoms with Crippen LogP contribution >= 0.6 is 0 Å². The fraction of sp³-hybridized carbons (Fsp3) is 0.303. The summed E-state index contributed by atoms with van der Waals surface area (Å²) in [4.78, 5) is 28.9. The average Bonchev–Trinajstić information content (AvgIpc) is 2.99. The van der Waals surface area contributed by atoms with Crippen molar-refractivity contribution < 1.29 is 18.7 Å². The SMILES string of the molecule is COC(=O)/C=C/c1ccc(F)c(N(Cc2ccc(-c3ccc(N(C)C)cc3)c(C#N)c2)C(=O)C2CCCCC2)c1. The summed E-state index contributed by atoms with van der Waals surface area (Å²) in [5.41, 5.74) is 4.69. The lowest BCUT2D eigenvalue weighted by atomic mass is 9.88. The molecule has 1 aliphatic rings. The minimum absolute atomic E-state index is 0.116. The Kier molecular flexibility index (Phi) is 9.34. The second kappa shape index (κ2) is 13.1. The molecule has 1 fully saturated rings. The molecule has 1 amide bonds. The summed E-state index contributed by atoms with van der Waals surface area (Å²) in [6.45, 7) is 0.116. The molecule has 206 valence electrons. The number of anilines is 2. The van der Waals surface area contributed by atoms with Crippen LogP contribution in [0.4, 0.5) is 15.8 Å². The highest BCUT2D eigenvalue weighted by Gasteiger charge is 2.29. The van der Waals surface area contributed by atoms with Gasteiger partial charge in [0.2, 0.25) is 5.91 Å². The fourth-order valence-corrected chi connectivity index (χ4v) is 5.08. The third-order valence-electron chi connectivity index (χ3n) is 7.33. The minimum atomic E-state index is -0.530. The van der Waals surface area contributed by atoms with Crippen molar-refractivity contribution >= 4 is 29.3 Å². The van der Waals surface area contributed by atoms with E-state index < -0.39 is 11.8 Å². The summed E-state index contributed by atoms with van der Waals surface area (Å²) in [6, 6.07) is 20.2. The van der Waals surface area contributed by atoms with Crippen molar-refractivity contribution in [2.24, 2.45) is 5.92 Å². The lowest BCUT2D eigenvalue weighted by molar-refractivity contribution is -0.134. The summed E-state index contributed by atoms with van der Waals surface area (Å²) >= 11 is 0. The summed E-state index contributed by atoms with van der Waals surface area (Å²) in [6.07, 6.45) is 7.35. The van der Waals surface area contributed by atoms with Gasteiger partial charge in [0.15, 0.2) is 0 Å². The van der Waals surface area contributed by atoms with Crippen LogP contribution in [-0.2, 0) is 20.9 Å². The number of hydrogen-bond acceptors (Lipinski definition) is 5. The van der Waals surface area contributed by atoms with Gasteiger partial charge in [-0.15, -0.1) is 0 Å². The van der Waals surface area contributed by atoms with E-state index in [-0.39, 0.29) is 24.1 Å². The normalized spacial score (nSPS) is 13.6. The van der Waals surface area contributed by atoms with Crippen LogP contribution in [0.3, 0.4) is 0 Å². The summed E-state index contributed by atoms with van der Waals surface area (Å²) in [7, 11) is 5.23. The molecule has 0 aromatic heterocycles. The van der Waals surface area contributed by atoms with Gasteiger partial charge in [-0.1, -0.05) is 49.6 Å². The topological polar surface area (TPSA) is 73.6 Å². The van der Waals surface area contributed by atoms with Gasteiger partial charge >= 0.3 is 5.97 Å². The molecule has 0 saturated heterocycles. The van der Waals surface area contributed by atoms with E-state index in [9.17, 15) is 14.9 Å². The van der Waals surface area contributed by atoms with Crippen LogP contribution in [0, 0.1) is 23.1 Å². The Bertz CT molecular complexity index is 1430. The van der Waals surface area contributed by atoms with Crippen LogP contribution in [0.2, 0.25) is 0 Å². The predicted octanol–water partition coefficient (Wildman–Crippen LogP) is 6.73. The van der Waals surface area contributed by atoms with Crippen LogP contribution in [0.25, 0.3) is 17.2 Å². The Morgan fingerprint density at radius 3 is 2.40 bits per heavy atom. The number of carbonyl (C=O) groups excluding carboxylic acids is 2. The highest BCUT2D eigenvalue weighted by Crippen LogP contribution is 2.32. The summed E-state index contributed by atoms with van der Waals surface area (Å²) in [5.74, 6) is -1.37. The molecule has 1 aliphatic carbocycles. The number of rotatable bonds is 8. The molecule has 6 nitrogen and oxygen atoms in total. The first-order chi connectivity index (χ1) is 19.3. The molecule has 0 heterocycles. The predicted molar refractivity (Wildman–Crippen MR) is 156 cm³/mol. The number of esters is 1.